The molecular weight excluding hydrogens is 285 g/mol. The number of carboxylic acid groups (broad SMARTS) is 1. The lowest BCUT2D eigenvalue weighted by atomic mass is 10.1. The second kappa shape index (κ2) is 4.92. The zero-order valence-corrected chi connectivity index (χ0v) is 9.97. The summed E-state index contributed by atoms with van der Waals surface area (Å²) in [6, 6.07) is -0.793. The molecule has 2 N–H and O–H groups in total. The summed E-state index contributed by atoms with van der Waals surface area (Å²) in [5.41, 5.74) is -1.62. The monoisotopic (exact) mass is 295 g/mol. The number of nitrogens with one attached hydrogen (secondary N) is 1. The highest BCUT2D eigenvalue weighted by atomic mass is 19.4. The summed E-state index contributed by atoms with van der Waals surface area (Å²) < 4.78 is 65.0. The number of anilines is 1. The normalized spacial score (nSPS) is 16.9. The van der Waals surface area contributed by atoms with E-state index in [1.165, 1.54) is 0 Å². The van der Waals surface area contributed by atoms with Gasteiger partial charge in [0.25, 0.3) is 0 Å². The highest BCUT2D eigenvalue weighted by Gasteiger charge is 2.49. The van der Waals surface area contributed by atoms with E-state index < -0.39 is 47.0 Å². The van der Waals surface area contributed by atoms with Crippen LogP contribution in [0.5, 0.6) is 0 Å². The van der Waals surface area contributed by atoms with E-state index in [9.17, 15) is 26.7 Å². The van der Waals surface area contributed by atoms with Crippen molar-refractivity contribution in [1.29, 1.82) is 0 Å². The summed E-state index contributed by atoms with van der Waals surface area (Å²) in [7, 11) is 0. The van der Waals surface area contributed by atoms with Gasteiger partial charge in [0, 0.05) is 5.69 Å². The lowest BCUT2D eigenvalue weighted by molar-refractivity contribution is -0.146. The van der Waals surface area contributed by atoms with Gasteiger partial charge in [-0.2, -0.15) is 13.2 Å². The molecule has 0 spiro atoms. The van der Waals surface area contributed by atoms with Crippen LogP contribution in [-0.2, 0) is 0 Å². The Morgan fingerprint density at radius 3 is 2.10 bits per heavy atom. The van der Waals surface area contributed by atoms with Crippen molar-refractivity contribution in [3.05, 3.63) is 29.3 Å². The van der Waals surface area contributed by atoms with Gasteiger partial charge >= 0.3 is 12.1 Å². The molecule has 0 radical (unpaired) electrons. The standard InChI is InChI=1S/C12H10F5NO2/c13-7-3-6(4-8(14)9(7)11(19)20)18-10(5-1-2-5)12(15,16)17/h3-5,10,18H,1-2H2,(H,19,20). The molecule has 0 bridgehead atoms. The summed E-state index contributed by atoms with van der Waals surface area (Å²) in [5.74, 6) is -5.28. The minimum Gasteiger partial charge on any atom is -0.477 e. The van der Waals surface area contributed by atoms with E-state index in [2.05, 4.69) is 0 Å². The van der Waals surface area contributed by atoms with E-state index in [0.29, 0.717) is 25.0 Å². The first kappa shape index (κ1) is 14.5. The second-order valence-corrected chi connectivity index (χ2v) is 4.62. The fraction of sp³-hybridized carbons (Fsp3) is 0.417. The smallest absolute Gasteiger partial charge is 0.408 e. The lowest BCUT2D eigenvalue weighted by Gasteiger charge is -2.22. The summed E-state index contributed by atoms with van der Waals surface area (Å²) in [6.07, 6.45) is -3.77. The highest BCUT2D eigenvalue weighted by Crippen LogP contribution is 2.41. The van der Waals surface area contributed by atoms with E-state index in [0.717, 1.165) is 0 Å². The van der Waals surface area contributed by atoms with Crippen molar-refractivity contribution in [3.63, 3.8) is 0 Å². The van der Waals surface area contributed by atoms with E-state index in [4.69, 9.17) is 5.11 Å². The molecule has 1 fully saturated rings. The molecule has 0 aromatic heterocycles. The largest absolute Gasteiger partial charge is 0.477 e. The van der Waals surface area contributed by atoms with Crippen molar-refractivity contribution >= 4 is 11.7 Å². The van der Waals surface area contributed by atoms with Crippen LogP contribution < -0.4 is 5.32 Å². The third-order valence-corrected chi connectivity index (χ3v) is 3.02. The van der Waals surface area contributed by atoms with Crippen molar-refractivity contribution in [2.75, 3.05) is 5.32 Å². The predicted molar refractivity (Wildman–Crippen MR) is 59.5 cm³/mol. The molecule has 0 saturated heterocycles. The van der Waals surface area contributed by atoms with Gasteiger partial charge in [-0.25, -0.2) is 13.6 Å². The molecule has 1 atom stereocenters. The van der Waals surface area contributed by atoms with Gasteiger partial charge in [0.1, 0.15) is 23.2 Å². The Balaban J connectivity index is 2.27. The van der Waals surface area contributed by atoms with Gasteiger partial charge in [0.2, 0.25) is 0 Å². The molecule has 1 saturated carbocycles. The van der Waals surface area contributed by atoms with Crippen molar-refractivity contribution < 1.29 is 31.9 Å². The molecule has 110 valence electrons. The zero-order valence-electron chi connectivity index (χ0n) is 9.97. The average Bonchev–Trinajstić information content (AvgIpc) is 3.06. The molecule has 1 aromatic rings. The first-order chi connectivity index (χ1) is 9.20. The molecule has 2 rings (SSSR count). The Kier molecular flexibility index (Phi) is 3.58. The van der Waals surface area contributed by atoms with E-state index in [1.807, 2.05) is 5.32 Å². The molecule has 1 aliphatic carbocycles. The molecule has 0 aliphatic heterocycles. The minimum atomic E-state index is -4.54. The third-order valence-electron chi connectivity index (χ3n) is 3.02. The van der Waals surface area contributed by atoms with Crippen LogP contribution in [0.15, 0.2) is 12.1 Å². The van der Waals surface area contributed by atoms with Crippen molar-refractivity contribution in [3.8, 4) is 0 Å². The quantitative estimate of drug-likeness (QED) is 0.837. The number of hydrogen-bond donors (Lipinski definition) is 2. The Bertz CT molecular complexity index is 516. The Morgan fingerprint density at radius 1 is 1.25 bits per heavy atom. The van der Waals surface area contributed by atoms with Crippen LogP contribution >= 0.6 is 0 Å². The van der Waals surface area contributed by atoms with Crippen LogP contribution in [0.25, 0.3) is 0 Å². The van der Waals surface area contributed by atoms with Crippen LogP contribution in [0.4, 0.5) is 27.6 Å². The van der Waals surface area contributed by atoms with E-state index in [1.54, 1.807) is 0 Å². The lowest BCUT2D eigenvalue weighted by Crippen LogP contribution is -2.38. The Morgan fingerprint density at radius 2 is 1.75 bits per heavy atom. The highest BCUT2D eigenvalue weighted by molar-refractivity contribution is 5.88. The average molecular weight is 295 g/mol. The molecule has 0 amide bonds. The molecule has 1 aliphatic rings. The molecule has 20 heavy (non-hydrogen) atoms. The Labute approximate surface area is 110 Å². The van der Waals surface area contributed by atoms with Crippen LogP contribution in [-0.4, -0.2) is 23.3 Å². The van der Waals surface area contributed by atoms with Crippen LogP contribution in [0, 0.1) is 17.6 Å². The van der Waals surface area contributed by atoms with Crippen LogP contribution in [0.2, 0.25) is 0 Å². The number of hydrogen-bond acceptors (Lipinski definition) is 2. The number of benzene rings is 1. The summed E-state index contributed by atoms with van der Waals surface area (Å²) in [6.45, 7) is 0. The summed E-state index contributed by atoms with van der Waals surface area (Å²) >= 11 is 0. The molecule has 1 unspecified atom stereocenters. The van der Waals surface area contributed by atoms with E-state index >= 15 is 0 Å². The molecule has 3 nitrogen and oxygen atoms in total. The molecule has 8 heteroatoms. The molecular formula is C12H10F5NO2. The van der Waals surface area contributed by atoms with Gasteiger partial charge in [0.15, 0.2) is 0 Å². The number of alkyl halides is 3. The summed E-state index contributed by atoms with van der Waals surface area (Å²) in [4.78, 5) is 10.6. The first-order valence-corrected chi connectivity index (χ1v) is 5.75. The maximum Gasteiger partial charge on any atom is 0.408 e. The predicted octanol–water partition coefficient (Wildman–Crippen LogP) is 3.42. The maximum atomic E-state index is 13.4. The topological polar surface area (TPSA) is 49.3 Å². The van der Waals surface area contributed by atoms with Gasteiger partial charge in [0.05, 0.1) is 0 Å². The van der Waals surface area contributed by atoms with Gasteiger partial charge in [-0.3, -0.25) is 0 Å². The maximum absolute atomic E-state index is 13.4. The second-order valence-electron chi connectivity index (χ2n) is 4.62. The van der Waals surface area contributed by atoms with Crippen LogP contribution in [0.3, 0.4) is 0 Å². The van der Waals surface area contributed by atoms with Gasteiger partial charge in [-0.1, -0.05) is 0 Å². The SMILES string of the molecule is O=C(O)c1c(F)cc(NC(C2CC2)C(F)(F)F)cc1F. The number of halogens is 5. The van der Waals surface area contributed by atoms with Gasteiger partial charge < -0.3 is 10.4 Å². The van der Waals surface area contributed by atoms with Gasteiger partial charge in [-0.05, 0) is 30.9 Å². The first-order valence-electron chi connectivity index (χ1n) is 5.75. The Hall–Kier alpha value is -1.86. The van der Waals surface area contributed by atoms with Crippen molar-refractivity contribution in [2.24, 2.45) is 5.92 Å². The fourth-order valence-corrected chi connectivity index (χ4v) is 1.94. The molecule has 0 heterocycles. The number of rotatable bonds is 4. The van der Waals surface area contributed by atoms with Crippen molar-refractivity contribution in [1.82, 2.24) is 0 Å². The number of aromatic carboxylic acids is 1. The molecule has 1 aromatic carbocycles. The van der Waals surface area contributed by atoms with E-state index in [-0.39, 0.29) is 0 Å². The number of carboxylic acids is 1. The minimum absolute atomic E-state index is 0.384. The summed E-state index contributed by atoms with van der Waals surface area (Å²) in [5, 5.41) is 10.6. The zero-order chi connectivity index (χ0) is 15.1. The number of carbonyl (C=O) groups is 1. The van der Waals surface area contributed by atoms with Gasteiger partial charge in [-0.15, -0.1) is 0 Å². The third kappa shape index (κ3) is 3.00. The van der Waals surface area contributed by atoms with Crippen LogP contribution in [0.1, 0.15) is 23.2 Å². The van der Waals surface area contributed by atoms with Crippen molar-refractivity contribution in [2.45, 2.75) is 25.1 Å². The fourth-order valence-electron chi connectivity index (χ4n) is 1.94.